The summed E-state index contributed by atoms with van der Waals surface area (Å²) in [5.74, 6) is 0.727. The van der Waals surface area contributed by atoms with Gasteiger partial charge in [-0.3, -0.25) is 4.98 Å². The Morgan fingerprint density at radius 1 is 1.24 bits per heavy atom. The molecule has 4 nitrogen and oxygen atoms in total. The number of unbranched alkanes of at least 4 members (excludes halogenated alkanes) is 1. The summed E-state index contributed by atoms with van der Waals surface area (Å²) in [5, 5.41) is 3.88. The third kappa shape index (κ3) is 7.15. The van der Waals surface area contributed by atoms with Gasteiger partial charge in [0.15, 0.2) is 0 Å². The molecule has 0 aliphatic heterocycles. The second-order valence-electron chi connectivity index (χ2n) is 3.64. The fourth-order valence-electron chi connectivity index (χ4n) is 1.31. The first-order valence-electron chi connectivity index (χ1n) is 5.76. The zero-order valence-corrected chi connectivity index (χ0v) is 10.9. The van der Waals surface area contributed by atoms with E-state index in [0.717, 1.165) is 38.3 Å². The van der Waals surface area contributed by atoms with Gasteiger partial charge in [-0.25, -0.2) is 0 Å². The molecule has 1 N–H and O–H groups in total. The minimum atomic E-state index is 0.601. The predicted octanol–water partition coefficient (Wildman–Crippen LogP) is 2.13. The van der Waals surface area contributed by atoms with Crippen LogP contribution in [0.15, 0.2) is 18.5 Å². The molecule has 0 radical (unpaired) electrons. The molecule has 0 aliphatic rings. The van der Waals surface area contributed by atoms with Crippen LogP contribution in [0.2, 0.25) is 5.02 Å². The van der Waals surface area contributed by atoms with Crippen molar-refractivity contribution in [3.05, 3.63) is 23.5 Å². The van der Waals surface area contributed by atoms with Gasteiger partial charge in [-0.1, -0.05) is 11.6 Å². The summed E-state index contributed by atoms with van der Waals surface area (Å²) in [6.45, 7) is 3.33. The Hall–Kier alpha value is -0.840. The Balaban J connectivity index is 1.97. The number of aromatic nitrogens is 1. The van der Waals surface area contributed by atoms with E-state index in [-0.39, 0.29) is 0 Å². The normalized spacial score (nSPS) is 10.5. The molecule has 0 spiro atoms. The van der Waals surface area contributed by atoms with Gasteiger partial charge in [0.1, 0.15) is 5.75 Å². The Labute approximate surface area is 107 Å². The van der Waals surface area contributed by atoms with Gasteiger partial charge in [0, 0.05) is 25.9 Å². The molecule has 0 saturated carbocycles. The number of rotatable bonds is 9. The van der Waals surface area contributed by atoms with Gasteiger partial charge in [0.2, 0.25) is 0 Å². The first kappa shape index (κ1) is 14.2. The van der Waals surface area contributed by atoms with Gasteiger partial charge >= 0.3 is 0 Å². The summed E-state index contributed by atoms with van der Waals surface area (Å²) in [6, 6.07) is 1.77. The molecular formula is C12H19ClN2O2. The average Bonchev–Trinajstić information content (AvgIpc) is 2.33. The SMILES string of the molecule is COCCNCCCCOc1cncc(Cl)c1. The van der Waals surface area contributed by atoms with Gasteiger partial charge in [0.05, 0.1) is 24.4 Å². The van der Waals surface area contributed by atoms with Crippen LogP contribution in [0.1, 0.15) is 12.8 Å². The summed E-state index contributed by atoms with van der Waals surface area (Å²) in [7, 11) is 1.70. The predicted molar refractivity (Wildman–Crippen MR) is 68.7 cm³/mol. The van der Waals surface area contributed by atoms with Crippen LogP contribution in [0.25, 0.3) is 0 Å². The maximum Gasteiger partial charge on any atom is 0.139 e. The van der Waals surface area contributed by atoms with Crippen molar-refractivity contribution in [2.45, 2.75) is 12.8 Å². The zero-order valence-electron chi connectivity index (χ0n) is 10.1. The Bertz CT molecular complexity index is 310. The Morgan fingerprint density at radius 3 is 2.88 bits per heavy atom. The topological polar surface area (TPSA) is 43.4 Å². The summed E-state index contributed by atoms with van der Waals surface area (Å²) in [5.41, 5.74) is 0. The van der Waals surface area contributed by atoms with Crippen LogP contribution in [0.5, 0.6) is 5.75 Å². The first-order valence-corrected chi connectivity index (χ1v) is 6.13. The molecule has 1 heterocycles. The maximum atomic E-state index is 5.79. The van der Waals surface area contributed by atoms with E-state index in [2.05, 4.69) is 10.3 Å². The molecule has 0 aliphatic carbocycles. The second-order valence-corrected chi connectivity index (χ2v) is 4.07. The number of methoxy groups -OCH3 is 1. The van der Waals surface area contributed by atoms with Crippen LogP contribution in [0.3, 0.4) is 0 Å². The van der Waals surface area contributed by atoms with Gasteiger partial charge in [-0.15, -0.1) is 0 Å². The summed E-state index contributed by atoms with van der Waals surface area (Å²) >= 11 is 5.79. The van der Waals surface area contributed by atoms with Crippen LogP contribution in [0, 0.1) is 0 Å². The molecule has 0 fully saturated rings. The molecule has 1 aromatic rings. The monoisotopic (exact) mass is 258 g/mol. The lowest BCUT2D eigenvalue weighted by atomic mass is 10.3. The minimum Gasteiger partial charge on any atom is -0.492 e. The molecule has 5 heteroatoms. The van der Waals surface area contributed by atoms with Crippen LogP contribution in [-0.2, 0) is 4.74 Å². The lowest BCUT2D eigenvalue weighted by molar-refractivity contribution is 0.199. The number of hydrogen-bond donors (Lipinski definition) is 1. The molecule has 0 aromatic carbocycles. The van der Waals surface area contributed by atoms with Crippen molar-refractivity contribution in [1.29, 1.82) is 0 Å². The first-order chi connectivity index (χ1) is 8.33. The molecule has 0 bridgehead atoms. The van der Waals surface area contributed by atoms with Gasteiger partial charge in [-0.2, -0.15) is 0 Å². The third-order valence-corrected chi connectivity index (χ3v) is 2.39. The van der Waals surface area contributed by atoms with Gasteiger partial charge < -0.3 is 14.8 Å². The summed E-state index contributed by atoms with van der Waals surface area (Å²) < 4.78 is 10.4. The van der Waals surface area contributed by atoms with Crippen LogP contribution >= 0.6 is 11.6 Å². The number of nitrogens with one attached hydrogen (secondary N) is 1. The number of nitrogens with zero attached hydrogens (tertiary/aromatic N) is 1. The van der Waals surface area contributed by atoms with Crippen molar-refractivity contribution in [3.63, 3.8) is 0 Å². The molecule has 1 aromatic heterocycles. The second kappa shape index (κ2) is 9.22. The maximum absolute atomic E-state index is 5.79. The molecule has 0 unspecified atom stereocenters. The van der Waals surface area contributed by atoms with Crippen molar-refractivity contribution < 1.29 is 9.47 Å². The highest BCUT2D eigenvalue weighted by molar-refractivity contribution is 6.30. The van der Waals surface area contributed by atoms with Crippen molar-refractivity contribution in [3.8, 4) is 5.75 Å². The molecule has 17 heavy (non-hydrogen) atoms. The van der Waals surface area contributed by atoms with Crippen molar-refractivity contribution in [1.82, 2.24) is 10.3 Å². The number of halogens is 1. The largest absolute Gasteiger partial charge is 0.492 e. The Morgan fingerprint density at radius 2 is 2.12 bits per heavy atom. The van der Waals surface area contributed by atoms with E-state index in [9.17, 15) is 0 Å². The van der Waals surface area contributed by atoms with E-state index in [0.29, 0.717) is 11.6 Å². The molecule has 1 rings (SSSR count). The van der Waals surface area contributed by atoms with Crippen molar-refractivity contribution in [2.24, 2.45) is 0 Å². The highest BCUT2D eigenvalue weighted by atomic mass is 35.5. The number of pyridine rings is 1. The molecular weight excluding hydrogens is 240 g/mol. The Kier molecular flexibility index (Phi) is 7.71. The average molecular weight is 259 g/mol. The molecule has 96 valence electrons. The van der Waals surface area contributed by atoms with Crippen LogP contribution < -0.4 is 10.1 Å². The standard InChI is InChI=1S/C12H19ClN2O2/c1-16-7-5-14-4-2-3-6-17-12-8-11(13)9-15-10-12/h8-10,14H,2-7H2,1H3. The van der Waals surface area contributed by atoms with E-state index >= 15 is 0 Å². The van der Waals surface area contributed by atoms with E-state index < -0.39 is 0 Å². The van der Waals surface area contributed by atoms with Crippen molar-refractivity contribution in [2.75, 3.05) is 33.4 Å². The van der Waals surface area contributed by atoms with E-state index in [1.807, 2.05) is 0 Å². The molecule has 0 atom stereocenters. The van der Waals surface area contributed by atoms with Gasteiger partial charge in [0.25, 0.3) is 0 Å². The number of ether oxygens (including phenoxy) is 2. The highest BCUT2D eigenvalue weighted by Crippen LogP contribution is 2.15. The molecule has 0 saturated heterocycles. The minimum absolute atomic E-state index is 0.601. The molecule has 0 amide bonds. The third-order valence-electron chi connectivity index (χ3n) is 2.18. The lowest BCUT2D eigenvalue weighted by Crippen LogP contribution is -2.20. The zero-order chi connectivity index (χ0) is 12.3. The highest BCUT2D eigenvalue weighted by Gasteiger charge is 1.95. The quantitative estimate of drug-likeness (QED) is 0.689. The lowest BCUT2D eigenvalue weighted by Gasteiger charge is -2.06. The summed E-state index contributed by atoms with van der Waals surface area (Å²) in [4.78, 5) is 3.95. The van der Waals surface area contributed by atoms with Gasteiger partial charge in [-0.05, 0) is 19.4 Å². The van der Waals surface area contributed by atoms with E-state index in [4.69, 9.17) is 21.1 Å². The van der Waals surface area contributed by atoms with Crippen LogP contribution in [0.4, 0.5) is 0 Å². The number of hydrogen-bond acceptors (Lipinski definition) is 4. The van der Waals surface area contributed by atoms with E-state index in [1.165, 1.54) is 0 Å². The van der Waals surface area contributed by atoms with E-state index in [1.54, 1.807) is 25.6 Å². The van der Waals surface area contributed by atoms with Crippen LogP contribution in [-0.4, -0.2) is 38.4 Å². The summed E-state index contributed by atoms with van der Waals surface area (Å²) in [6.07, 6.45) is 5.35. The fourth-order valence-corrected chi connectivity index (χ4v) is 1.48. The smallest absolute Gasteiger partial charge is 0.139 e. The van der Waals surface area contributed by atoms with Crippen molar-refractivity contribution >= 4 is 11.6 Å². The fraction of sp³-hybridized carbons (Fsp3) is 0.583.